The zero-order valence-electron chi connectivity index (χ0n) is 16.9. The van der Waals surface area contributed by atoms with E-state index in [-0.39, 0.29) is 16.9 Å². The summed E-state index contributed by atoms with van der Waals surface area (Å²) in [6.45, 7) is 2.38. The maximum absolute atomic E-state index is 12.8. The number of para-hydroxylation sites is 1. The van der Waals surface area contributed by atoms with Crippen molar-refractivity contribution in [1.29, 1.82) is 0 Å². The minimum absolute atomic E-state index is 0.212. The molecular formula is C24H23N3O2S. The maximum atomic E-state index is 12.8. The van der Waals surface area contributed by atoms with Gasteiger partial charge in [0.1, 0.15) is 0 Å². The van der Waals surface area contributed by atoms with Gasteiger partial charge >= 0.3 is 0 Å². The number of hydrogen-bond donors (Lipinski definition) is 2. The molecule has 0 aliphatic heterocycles. The Labute approximate surface area is 181 Å². The van der Waals surface area contributed by atoms with Crippen molar-refractivity contribution in [2.45, 2.75) is 13.5 Å². The molecule has 3 rings (SSSR count). The molecule has 6 heteroatoms. The number of thiocarbonyl (C=S) groups is 1. The van der Waals surface area contributed by atoms with Gasteiger partial charge in [0.05, 0.1) is 11.3 Å². The highest BCUT2D eigenvalue weighted by Gasteiger charge is 2.18. The van der Waals surface area contributed by atoms with Gasteiger partial charge in [-0.2, -0.15) is 0 Å². The van der Waals surface area contributed by atoms with E-state index >= 15 is 0 Å². The topological polar surface area (TPSA) is 61.4 Å². The number of anilines is 1. The molecule has 30 heavy (non-hydrogen) atoms. The number of carbonyl (C=O) groups is 2. The molecule has 0 aliphatic rings. The van der Waals surface area contributed by atoms with Crippen LogP contribution in [0.2, 0.25) is 0 Å². The predicted octanol–water partition coefficient (Wildman–Crippen LogP) is 4.08. The summed E-state index contributed by atoms with van der Waals surface area (Å²) in [5.74, 6) is -0.508. The van der Waals surface area contributed by atoms with Crippen LogP contribution in [0, 0.1) is 6.92 Å². The molecule has 0 bridgehead atoms. The first-order valence-corrected chi connectivity index (χ1v) is 9.93. The third-order valence-electron chi connectivity index (χ3n) is 4.64. The molecule has 0 radical (unpaired) electrons. The van der Waals surface area contributed by atoms with Crippen LogP contribution in [0.15, 0.2) is 78.9 Å². The number of aryl methyl sites for hydroxylation is 1. The third kappa shape index (κ3) is 5.30. The van der Waals surface area contributed by atoms with Crippen molar-refractivity contribution in [3.8, 4) is 0 Å². The van der Waals surface area contributed by atoms with Crippen molar-refractivity contribution in [2.24, 2.45) is 0 Å². The molecule has 2 amide bonds. The molecule has 5 nitrogen and oxygen atoms in total. The fourth-order valence-corrected chi connectivity index (χ4v) is 3.09. The molecule has 0 aromatic heterocycles. The molecule has 3 aromatic rings. The first kappa shape index (κ1) is 21.2. The van der Waals surface area contributed by atoms with Crippen molar-refractivity contribution >= 4 is 34.8 Å². The van der Waals surface area contributed by atoms with Crippen molar-refractivity contribution < 1.29 is 9.59 Å². The third-order valence-corrected chi connectivity index (χ3v) is 5.02. The molecular weight excluding hydrogens is 394 g/mol. The van der Waals surface area contributed by atoms with Gasteiger partial charge in [0.25, 0.3) is 11.8 Å². The van der Waals surface area contributed by atoms with Gasteiger partial charge in [-0.3, -0.25) is 14.9 Å². The van der Waals surface area contributed by atoms with Crippen molar-refractivity contribution in [3.63, 3.8) is 0 Å². The van der Waals surface area contributed by atoms with Crippen LogP contribution in [0.5, 0.6) is 0 Å². The molecule has 0 aliphatic carbocycles. The Bertz CT molecular complexity index is 1050. The Balaban J connectivity index is 1.70. The number of rotatable bonds is 5. The monoisotopic (exact) mass is 417 g/mol. The van der Waals surface area contributed by atoms with Crippen LogP contribution < -0.4 is 15.5 Å². The first-order valence-electron chi connectivity index (χ1n) is 9.52. The van der Waals surface area contributed by atoms with E-state index in [0.29, 0.717) is 23.4 Å². The summed E-state index contributed by atoms with van der Waals surface area (Å²) < 4.78 is 0. The van der Waals surface area contributed by atoms with E-state index in [9.17, 15) is 9.59 Å². The van der Waals surface area contributed by atoms with Crippen molar-refractivity contribution in [3.05, 3.63) is 101 Å². The lowest BCUT2D eigenvalue weighted by molar-refractivity contribution is 0.0950. The summed E-state index contributed by atoms with van der Waals surface area (Å²) in [5, 5.41) is 5.86. The minimum Gasteiger partial charge on any atom is -0.348 e. The highest BCUT2D eigenvalue weighted by Crippen LogP contribution is 2.20. The van der Waals surface area contributed by atoms with Crippen LogP contribution in [0.3, 0.4) is 0 Å². The molecule has 0 saturated carbocycles. The van der Waals surface area contributed by atoms with E-state index in [1.807, 2.05) is 55.5 Å². The fourth-order valence-electron chi connectivity index (χ4n) is 2.90. The molecule has 0 unspecified atom stereocenters. The summed E-state index contributed by atoms with van der Waals surface area (Å²) in [7, 11) is 1.72. The van der Waals surface area contributed by atoms with Crippen LogP contribution in [0.1, 0.15) is 31.8 Å². The highest BCUT2D eigenvalue weighted by molar-refractivity contribution is 7.80. The van der Waals surface area contributed by atoms with Gasteiger partial charge in [-0.1, -0.05) is 60.2 Å². The number of nitrogens with zero attached hydrogens (tertiary/aromatic N) is 1. The van der Waals surface area contributed by atoms with Crippen LogP contribution in [-0.2, 0) is 6.54 Å². The summed E-state index contributed by atoms with van der Waals surface area (Å²) in [4.78, 5) is 26.9. The molecule has 0 atom stereocenters. The van der Waals surface area contributed by atoms with Crippen LogP contribution in [-0.4, -0.2) is 24.0 Å². The second-order valence-corrected chi connectivity index (χ2v) is 7.26. The normalized spacial score (nSPS) is 10.2. The second kappa shape index (κ2) is 9.80. The number of carbonyl (C=O) groups excluding carboxylic acids is 2. The molecule has 3 aromatic carbocycles. The Kier molecular flexibility index (Phi) is 6.93. The molecule has 2 N–H and O–H groups in total. The molecule has 0 spiro atoms. The Morgan fingerprint density at radius 3 is 2.20 bits per heavy atom. The van der Waals surface area contributed by atoms with E-state index in [4.69, 9.17) is 12.2 Å². The van der Waals surface area contributed by atoms with Crippen molar-refractivity contribution in [2.75, 3.05) is 11.9 Å². The molecule has 0 saturated heterocycles. The van der Waals surface area contributed by atoms with E-state index in [1.54, 1.807) is 42.3 Å². The smallest absolute Gasteiger partial charge is 0.257 e. The lowest BCUT2D eigenvalue weighted by Gasteiger charge is -2.23. The van der Waals surface area contributed by atoms with E-state index in [2.05, 4.69) is 10.6 Å². The molecule has 0 heterocycles. The molecule has 0 fully saturated rings. The average Bonchev–Trinajstić information content (AvgIpc) is 2.78. The zero-order valence-corrected chi connectivity index (χ0v) is 17.7. The summed E-state index contributed by atoms with van der Waals surface area (Å²) in [6, 6.07) is 24.1. The predicted molar refractivity (Wildman–Crippen MR) is 124 cm³/mol. The first-order chi connectivity index (χ1) is 14.5. The van der Waals surface area contributed by atoms with Crippen LogP contribution in [0.25, 0.3) is 0 Å². The van der Waals surface area contributed by atoms with Gasteiger partial charge in [-0.25, -0.2) is 0 Å². The van der Waals surface area contributed by atoms with E-state index in [1.165, 1.54) is 0 Å². The van der Waals surface area contributed by atoms with E-state index < -0.39 is 0 Å². The molecule has 152 valence electrons. The lowest BCUT2D eigenvalue weighted by atomic mass is 10.1. The number of benzene rings is 3. The summed E-state index contributed by atoms with van der Waals surface area (Å²) in [6.07, 6.45) is 0. The van der Waals surface area contributed by atoms with Gasteiger partial charge in [-0.15, -0.1) is 0 Å². The Hall–Kier alpha value is -3.51. The van der Waals surface area contributed by atoms with Crippen LogP contribution >= 0.6 is 12.2 Å². The average molecular weight is 418 g/mol. The standard InChI is InChI=1S/C24H23N3O2S/c1-17-12-14-19(15-13-17)22(28)26-24(30)27(2)21-11-7-6-10-20(21)23(29)25-16-18-8-4-3-5-9-18/h3-15H,16H2,1-2H3,(H,25,29)(H,26,28,30). The lowest BCUT2D eigenvalue weighted by Crippen LogP contribution is -2.41. The Morgan fingerprint density at radius 2 is 1.50 bits per heavy atom. The van der Waals surface area contributed by atoms with Crippen LogP contribution in [0.4, 0.5) is 5.69 Å². The van der Waals surface area contributed by atoms with Crippen molar-refractivity contribution in [1.82, 2.24) is 10.6 Å². The van der Waals surface area contributed by atoms with Gasteiger partial charge in [-0.05, 0) is 49.0 Å². The highest BCUT2D eigenvalue weighted by atomic mass is 32.1. The van der Waals surface area contributed by atoms with Gasteiger partial charge < -0.3 is 10.2 Å². The largest absolute Gasteiger partial charge is 0.348 e. The second-order valence-electron chi connectivity index (χ2n) is 6.87. The van der Waals surface area contributed by atoms with Gasteiger partial charge in [0.15, 0.2) is 5.11 Å². The number of nitrogens with one attached hydrogen (secondary N) is 2. The zero-order chi connectivity index (χ0) is 21.5. The van der Waals surface area contributed by atoms with Gasteiger partial charge in [0, 0.05) is 19.2 Å². The quantitative estimate of drug-likeness (QED) is 0.614. The van der Waals surface area contributed by atoms with E-state index in [0.717, 1.165) is 11.1 Å². The fraction of sp³-hybridized carbons (Fsp3) is 0.125. The summed E-state index contributed by atoms with van der Waals surface area (Å²) in [5.41, 5.74) is 3.68. The number of hydrogen-bond acceptors (Lipinski definition) is 3. The minimum atomic E-state index is -0.294. The summed E-state index contributed by atoms with van der Waals surface area (Å²) >= 11 is 5.41. The van der Waals surface area contributed by atoms with Gasteiger partial charge in [0.2, 0.25) is 0 Å². The SMILES string of the molecule is Cc1ccc(C(=O)NC(=S)N(C)c2ccccc2C(=O)NCc2ccccc2)cc1. The maximum Gasteiger partial charge on any atom is 0.257 e. The number of amides is 2. The Morgan fingerprint density at radius 1 is 0.867 bits per heavy atom.